The molecule has 0 aliphatic heterocycles. The summed E-state index contributed by atoms with van der Waals surface area (Å²) in [6.45, 7) is 4.25. The zero-order chi connectivity index (χ0) is 13.7. The van der Waals surface area contributed by atoms with Crippen molar-refractivity contribution in [2.75, 3.05) is 12.8 Å². The summed E-state index contributed by atoms with van der Waals surface area (Å²) in [4.78, 5) is 11.9. The van der Waals surface area contributed by atoms with Crippen LogP contribution in [-0.4, -0.2) is 28.2 Å². The van der Waals surface area contributed by atoms with E-state index in [4.69, 9.17) is 11.6 Å². The molecular weight excluding hydrogens is 270 g/mol. The van der Waals surface area contributed by atoms with Gasteiger partial charge in [0.25, 0.3) is 5.91 Å². The van der Waals surface area contributed by atoms with Crippen LogP contribution in [0.2, 0.25) is 5.02 Å². The fourth-order valence-electron chi connectivity index (χ4n) is 1.50. The molecule has 0 fully saturated rings. The van der Waals surface area contributed by atoms with E-state index in [1.54, 1.807) is 24.5 Å². The number of benzene rings is 1. The molecule has 1 amide bonds. The molecule has 5 heteroatoms. The Morgan fingerprint density at radius 2 is 2.17 bits per heavy atom. The summed E-state index contributed by atoms with van der Waals surface area (Å²) >= 11 is 5.96. The van der Waals surface area contributed by atoms with Gasteiger partial charge in [-0.2, -0.15) is 0 Å². The number of hydrogen-bond acceptors (Lipinski definition) is 2. The predicted octanol–water partition coefficient (Wildman–Crippen LogP) is 2.54. The van der Waals surface area contributed by atoms with Crippen molar-refractivity contribution in [1.29, 1.82) is 0 Å². The first kappa shape index (κ1) is 15.2. The Bertz CT molecular complexity index is 462. The number of halogens is 1. The minimum atomic E-state index is -0.850. The van der Waals surface area contributed by atoms with E-state index in [-0.39, 0.29) is 11.2 Å². The van der Waals surface area contributed by atoms with E-state index in [0.717, 1.165) is 5.56 Å². The van der Waals surface area contributed by atoms with Gasteiger partial charge in [0.1, 0.15) is 0 Å². The third kappa shape index (κ3) is 4.10. The highest BCUT2D eigenvalue weighted by Gasteiger charge is 2.11. The minimum absolute atomic E-state index is 0.0887. The molecule has 100 valence electrons. The Balaban J connectivity index is 2.56. The average molecular weight is 288 g/mol. The first-order chi connectivity index (χ1) is 8.43. The summed E-state index contributed by atoms with van der Waals surface area (Å²) in [6.07, 6.45) is 2.38. The SMILES string of the molecule is Cc1c(Cl)cccc1C(=O)NCC[C@@H](C)[S@@](C)=O. The van der Waals surface area contributed by atoms with Crippen molar-refractivity contribution in [2.24, 2.45) is 0 Å². The molecule has 0 heterocycles. The van der Waals surface area contributed by atoms with Gasteiger partial charge in [-0.25, -0.2) is 0 Å². The smallest absolute Gasteiger partial charge is 0.251 e. The van der Waals surface area contributed by atoms with Gasteiger partial charge in [-0.3, -0.25) is 9.00 Å². The van der Waals surface area contributed by atoms with Gasteiger partial charge in [-0.1, -0.05) is 24.6 Å². The summed E-state index contributed by atoms with van der Waals surface area (Å²) in [5, 5.41) is 3.50. The highest BCUT2D eigenvalue weighted by molar-refractivity contribution is 7.84. The van der Waals surface area contributed by atoms with Gasteiger partial charge < -0.3 is 5.32 Å². The number of rotatable bonds is 5. The van der Waals surface area contributed by atoms with Gasteiger partial charge in [0.05, 0.1) is 0 Å². The second kappa shape index (κ2) is 6.90. The Hall–Kier alpha value is -0.870. The molecule has 0 unspecified atom stereocenters. The second-order valence-electron chi connectivity index (χ2n) is 4.27. The van der Waals surface area contributed by atoms with Crippen molar-refractivity contribution in [3.05, 3.63) is 34.3 Å². The zero-order valence-corrected chi connectivity index (χ0v) is 12.4. The fourth-order valence-corrected chi connectivity index (χ4v) is 2.13. The van der Waals surface area contributed by atoms with E-state index in [2.05, 4.69) is 5.32 Å². The second-order valence-corrected chi connectivity index (χ2v) is 6.48. The molecule has 18 heavy (non-hydrogen) atoms. The normalized spacial score (nSPS) is 14.0. The summed E-state index contributed by atoms with van der Waals surface area (Å²) in [5.74, 6) is -0.135. The van der Waals surface area contributed by atoms with E-state index in [0.29, 0.717) is 23.6 Å². The van der Waals surface area contributed by atoms with Crippen LogP contribution in [0.4, 0.5) is 0 Å². The lowest BCUT2D eigenvalue weighted by Gasteiger charge is -2.11. The number of carbonyl (C=O) groups excluding carboxylic acids is 1. The lowest BCUT2D eigenvalue weighted by molar-refractivity contribution is 0.0952. The maximum Gasteiger partial charge on any atom is 0.251 e. The molecule has 2 atom stereocenters. The fraction of sp³-hybridized carbons (Fsp3) is 0.462. The largest absolute Gasteiger partial charge is 0.352 e. The molecule has 0 saturated heterocycles. The van der Waals surface area contributed by atoms with Crippen LogP contribution < -0.4 is 5.32 Å². The van der Waals surface area contributed by atoms with E-state index < -0.39 is 10.8 Å². The molecule has 0 aliphatic rings. The van der Waals surface area contributed by atoms with Gasteiger partial charge >= 0.3 is 0 Å². The van der Waals surface area contributed by atoms with Crippen LogP contribution in [0.25, 0.3) is 0 Å². The number of carbonyl (C=O) groups is 1. The molecule has 0 radical (unpaired) electrons. The van der Waals surface area contributed by atoms with Crippen LogP contribution in [0, 0.1) is 6.92 Å². The third-order valence-electron chi connectivity index (χ3n) is 2.92. The molecule has 1 rings (SSSR count). The predicted molar refractivity (Wildman–Crippen MR) is 76.7 cm³/mol. The molecule has 0 spiro atoms. The van der Waals surface area contributed by atoms with Crippen LogP contribution in [-0.2, 0) is 10.8 Å². The lowest BCUT2D eigenvalue weighted by atomic mass is 10.1. The van der Waals surface area contributed by atoms with Crippen molar-refractivity contribution in [1.82, 2.24) is 5.32 Å². The number of nitrogens with one attached hydrogen (secondary N) is 1. The molecule has 0 bridgehead atoms. The molecule has 0 saturated carbocycles. The van der Waals surface area contributed by atoms with Crippen molar-refractivity contribution in [3.8, 4) is 0 Å². The first-order valence-corrected chi connectivity index (χ1v) is 7.79. The van der Waals surface area contributed by atoms with Crippen molar-refractivity contribution >= 4 is 28.3 Å². The van der Waals surface area contributed by atoms with Crippen molar-refractivity contribution < 1.29 is 9.00 Å². The molecule has 0 aliphatic carbocycles. The summed E-state index contributed by atoms with van der Waals surface area (Å²) < 4.78 is 11.2. The van der Waals surface area contributed by atoms with Crippen molar-refractivity contribution in [2.45, 2.75) is 25.5 Å². The van der Waals surface area contributed by atoms with Crippen LogP contribution in [0.3, 0.4) is 0 Å². The molecular formula is C13H18ClNO2S. The van der Waals surface area contributed by atoms with Gasteiger partial charge in [-0.15, -0.1) is 0 Å². The summed E-state index contributed by atoms with van der Waals surface area (Å²) in [6, 6.07) is 5.27. The third-order valence-corrected chi connectivity index (χ3v) is 4.69. The molecule has 0 aromatic heterocycles. The molecule has 3 nitrogen and oxygen atoms in total. The first-order valence-electron chi connectivity index (χ1n) is 5.79. The summed E-state index contributed by atoms with van der Waals surface area (Å²) in [7, 11) is -0.850. The van der Waals surface area contributed by atoms with Gasteiger partial charge in [-0.05, 0) is 31.0 Å². The van der Waals surface area contributed by atoms with E-state index >= 15 is 0 Å². The summed E-state index contributed by atoms with van der Waals surface area (Å²) in [5.41, 5.74) is 1.37. The van der Waals surface area contributed by atoms with E-state index in [1.165, 1.54) is 0 Å². The highest BCUT2D eigenvalue weighted by atomic mass is 35.5. The number of amides is 1. The Kier molecular flexibility index (Phi) is 5.82. The number of hydrogen-bond donors (Lipinski definition) is 1. The van der Waals surface area contributed by atoms with Crippen LogP contribution >= 0.6 is 11.6 Å². The van der Waals surface area contributed by atoms with Crippen LogP contribution in [0.1, 0.15) is 29.3 Å². The van der Waals surface area contributed by atoms with Gasteiger partial charge in [0, 0.05) is 39.4 Å². The van der Waals surface area contributed by atoms with Crippen LogP contribution in [0.5, 0.6) is 0 Å². The molecule has 1 N–H and O–H groups in total. The topological polar surface area (TPSA) is 46.2 Å². The minimum Gasteiger partial charge on any atom is -0.352 e. The van der Waals surface area contributed by atoms with Crippen molar-refractivity contribution in [3.63, 3.8) is 0 Å². The Labute approximate surface area is 115 Å². The molecule has 1 aromatic carbocycles. The highest BCUT2D eigenvalue weighted by Crippen LogP contribution is 2.18. The van der Waals surface area contributed by atoms with Gasteiger partial charge in [0.15, 0.2) is 0 Å². The maximum absolute atomic E-state index is 11.9. The van der Waals surface area contributed by atoms with E-state index in [9.17, 15) is 9.00 Å². The molecule has 1 aromatic rings. The maximum atomic E-state index is 11.9. The zero-order valence-electron chi connectivity index (χ0n) is 10.8. The van der Waals surface area contributed by atoms with Crippen LogP contribution in [0.15, 0.2) is 18.2 Å². The quantitative estimate of drug-likeness (QED) is 0.904. The standard InChI is InChI=1S/C13H18ClNO2S/c1-9(18(3)17)7-8-15-13(16)11-5-4-6-12(14)10(11)2/h4-6,9H,7-8H2,1-3H3,(H,15,16)/t9-,18-/m1/s1. The average Bonchev–Trinajstić information content (AvgIpc) is 2.32. The Morgan fingerprint density at radius 3 is 2.78 bits per heavy atom. The lowest BCUT2D eigenvalue weighted by Crippen LogP contribution is -2.28. The van der Waals surface area contributed by atoms with E-state index in [1.807, 2.05) is 13.8 Å². The monoisotopic (exact) mass is 287 g/mol. The van der Waals surface area contributed by atoms with Gasteiger partial charge in [0.2, 0.25) is 0 Å². The Morgan fingerprint density at radius 1 is 1.50 bits per heavy atom.